The van der Waals surface area contributed by atoms with E-state index in [0.29, 0.717) is 5.02 Å². The van der Waals surface area contributed by atoms with E-state index in [2.05, 4.69) is 9.97 Å². The summed E-state index contributed by atoms with van der Waals surface area (Å²) in [5, 5.41) is 0.572. The maximum absolute atomic E-state index is 11.9. The standard InChI is InChI=1S/C11H9Cl2N3O3/c1-2-19-9-14-10(17)16(11(18)15-9)8-4-3-6(12)5-7(8)13/h3-5H,2H2,1H3,(H,14,15,17,18). The largest absolute Gasteiger partial charge is 0.465 e. The molecule has 2 aromatic rings. The normalized spacial score (nSPS) is 10.5. The van der Waals surface area contributed by atoms with E-state index in [1.54, 1.807) is 6.92 Å². The highest BCUT2D eigenvalue weighted by Gasteiger charge is 2.12. The molecule has 2 rings (SSSR count). The maximum atomic E-state index is 11.9. The van der Waals surface area contributed by atoms with Crippen LogP contribution < -0.4 is 16.1 Å². The fourth-order valence-electron chi connectivity index (χ4n) is 1.48. The van der Waals surface area contributed by atoms with Crippen molar-refractivity contribution in [3.05, 3.63) is 49.2 Å². The topological polar surface area (TPSA) is 77.0 Å². The molecule has 1 heterocycles. The molecule has 0 aliphatic carbocycles. The Labute approximate surface area is 117 Å². The van der Waals surface area contributed by atoms with Gasteiger partial charge in [0.1, 0.15) is 0 Å². The molecule has 0 unspecified atom stereocenters. The zero-order valence-corrected chi connectivity index (χ0v) is 11.3. The molecule has 100 valence electrons. The van der Waals surface area contributed by atoms with Crippen molar-refractivity contribution in [2.45, 2.75) is 6.92 Å². The van der Waals surface area contributed by atoms with E-state index in [4.69, 9.17) is 27.9 Å². The van der Waals surface area contributed by atoms with Crippen LogP contribution in [0.5, 0.6) is 6.01 Å². The van der Waals surface area contributed by atoms with Gasteiger partial charge in [0.05, 0.1) is 17.3 Å². The summed E-state index contributed by atoms with van der Waals surface area (Å²) in [5.41, 5.74) is -1.27. The van der Waals surface area contributed by atoms with Crippen molar-refractivity contribution in [1.82, 2.24) is 14.5 Å². The minimum absolute atomic E-state index is 0.126. The number of ether oxygens (including phenoxy) is 1. The highest BCUT2D eigenvalue weighted by molar-refractivity contribution is 6.35. The molecule has 0 spiro atoms. The molecule has 1 N–H and O–H groups in total. The van der Waals surface area contributed by atoms with E-state index >= 15 is 0 Å². The van der Waals surface area contributed by atoms with Crippen LogP contribution in [0.4, 0.5) is 0 Å². The lowest BCUT2D eigenvalue weighted by Gasteiger charge is -2.07. The van der Waals surface area contributed by atoms with E-state index in [9.17, 15) is 9.59 Å². The molecular weight excluding hydrogens is 293 g/mol. The van der Waals surface area contributed by atoms with Crippen LogP contribution in [0.1, 0.15) is 6.92 Å². The van der Waals surface area contributed by atoms with Crippen molar-refractivity contribution in [3.63, 3.8) is 0 Å². The van der Waals surface area contributed by atoms with Crippen LogP contribution in [0.2, 0.25) is 10.0 Å². The first-order valence-corrected chi connectivity index (χ1v) is 6.10. The highest BCUT2D eigenvalue weighted by atomic mass is 35.5. The second-order valence-corrected chi connectivity index (χ2v) is 4.34. The number of benzene rings is 1. The summed E-state index contributed by atoms with van der Waals surface area (Å²) in [4.78, 5) is 29.6. The van der Waals surface area contributed by atoms with Gasteiger partial charge < -0.3 is 4.74 Å². The minimum Gasteiger partial charge on any atom is -0.465 e. The number of hydrogen-bond acceptors (Lipinski definition) is 4. The first kappa shape index (κ1) is 13.6. The first-order valence-electron chi connectivity index (χ1n) is 5.34. The van der Waals surface area contributed by atoms with Crippen LogP contribution in [-0.4, -0.2) is 21.1 Å². The molecule has 6 nitrogen and oxygen atoms in total. The van der Waals surface area contributed by atoms with Crippen LogP contribution in [-0.2, 0) is 0 Å². The van der Waals surface area contributed by atoms with Crippen LogP contribution >= 0.6 is 23.2 Å². The molecular formula is C11H9Cl2N3O3. The third-order valence-electron chi connectivity index (χ3n) is 2.24. The zero-order chi connectivity index (χ0) is 14.0. The highest BCUT2D eigenvalue weighted by Crippen LogP contribution is 2.22. The van der Waals surface area contributed by atoms with Crippen LogP contribution in [0.3, 0.4) is 0 Å². The van der Waals surface area contributed by atoms with Gasteiger partial charge in [0.25, 0.3) is 0 Å². The minimum atomic E-state index is -0.781. The Morgan fingerprint density at radius 1 is 1.37 bits per heavy atom. The van der Waals surface area contributed by atoms with Gasteiger partial charge in [0, 0.05) is 5.02 Å². The number of nitrogens with zero attached hydrogens (tertiary/aromatic N) is 2. The van der Waals surface area contributed by atoms with Crippen molar-refractivity contribution < 1.29 is 4.74 Å². The number of hydrogen-bond donors (Lipinski definition) is 1. The number of nitrogens with one attached hydrogen (secondary N) is 1. The van der Waals surface area contributed by atoms with E-state index in [1.807, 2.05) is 0 Å². The van der Waals surface area contributed by atoms with Crippen LogP contribution in [0.15, 0.2) is 27.8 Å². The monoisotopic (exact) mass is 301 g/mol. The van der Waals surface area contributed by atoms with Crippen molar-refractivity contribution >= 4 is 23.2 Å². The molecule has 0 fully saturated rings. The molecule has 1 aromatic carbocycles. The van der Waals surface area contributed by atoms with Gasteiger partial charge in [-0.1, -0.05) is 23.2 Å². The van der Waals surface area contributed by atoms with Gasteiger partial charge >= 0.3 is 17.4 Å². The van der Waals surface area contributed by atoms with E-state index in [1.165, 1.54) is 18.2 Å². The predicted octanol–water partition coefficient (Wildman–Crippen LogP) is 1.63. The van der Waals surface area contributed by atoms with Crippen molar-refractivity contribution in [2.24, 2.45) is 0 Å². The maximum Gasteiger partial charge on any atom is 0.360 e. The number of H-pyrrole nitrogens is 1. The average molecular weight is 302 g/mol. The van der Waals surface area contributed by atoms with Crippen LogP contribution in [0, 0.1) is 0 Å². The van der Waals surface area contributed by atoms with Gasteiger partial charge in [-0.05, 0) is 25.1 Å². The smallest absolute Gasteiger partial charge is 0.360 e. The molecule has 0 bridgehead atoms. The third-order valence-corrected chi connectivity index (χ3v) is 2.77. The average Bonchev–Trinajstić information content (AvgIpc) is 2.31. The number of aromatic nitrogens is 3. The van der Waals surface area contributed by atoms with Crippen molar-refractivity contribution in [3.8, 4) is 11.7 Å². The Bertz CT molecular complexity index is 693. The molecule has 0 aliphatic heterocycles. The summed E-state index contributed by atoms with van der Waals surface area (Å²) in [6.45, 7) is 2.00. The van der Waals surface area contributed by atoms with E-state index < -0.39 is 11.4 Å². The molecule has 0 aliphatic rings. The summed E-state index contributed by atoms with van der Waals surface area (Å²) >= 11 is 11.7. The fourth-order valence-corrected chi connectivity index (χ4v) is 1.97. The Hall–Kier alpha value is -1.79. The molecule has 8 heteroatoms. The molecule has 0 amide bonds. The Morgan fingerprint density at radius 2 is 2.11 bits per heavy atom. The first-order chi connectivity index (χ1) is 9.02. The Morgan fingerprint density at radius 3 is 2.68 bits per heavy atom. The molecule has 0 atom stereocenters. The molecule has 1 aromatic heterocycles. The molecule has 0 saturated carbocycles. The van der Waals surface area contributed by atoms with Gasteiger partial charge in [-0.3, -0.25) is 4.98 Å². The SMILES string of the molecule is CCOc1nc(=O)n(-c2ccc(Cl)cc2Cl)c(=O)[nH]1. The van der Waals surface area contributed by atoms with E-state index in [0.717, 1.165) is 4.57 Å². The lowest BCUT2D eigenvalue weighted by molar-refractivity contribution is 0.307. The zero-order valence-electron chi connectivity index (χ0n) is 9.81. The van der Waals surface area contributed by atoms with Crippen molar-refractivity contribution in [2.75, 3.05) is 6.61 Å². The van der Waals surface area contributed by atoms with E-state index in [-0.39, 0.29) is 23.3 Å². The van der Waals surface area contributed by atoms with Crippen LogP contribution in [0.25, 0.3) is 5.69 Å². The summed E-state index contributed by atoms with van der Waals surface area (Å²) in [5.74, 6) is 0. The van der Waals surface area contributed by atoms with Gasteiger partial charge in [-0.25, -0.2) is 14.2 Å². The molecule has 19 heavy (non-hydrogen) atoms. The van der Waals surface area contributed by atoms with Gasteiger partial charge in [-0.15, -0.1) is 4.98 Å². The second-order valence-electron chi connectivity index (χ2n) is 3.49. The molecule has 0 radical (unpaired) electrons. The molecule has 0 saturated heterocycles. The third kappa shape index (κ3) is 2.80. The fraction of sp³-hybridized carbons (Fsp3) is 0.182. The summed E-state index contributed by atoms with van der Waals surface area (Å²) in [6, 6.07) is 4.29. The summed E-state index contributed by atoms with van der Waals surface area (Å²) in [6.07, 6.45) is 0. The van der Waals surface area contributed by atoms with Crippen molar-refractivity contribution in [1.29, 1.82) is 0 Å². The number of rotatable bonds is 3. The lowest BCUT2D eigenvalue weighted by atomic mass is 10.3. The van der Waals surface area contributed by atoms with Gasteiger partial charge in [0.2, 0.25) is 0 Å². The number of aromatic amines is 1. The predicted molar refractivity (Wildman–Crippen MR) is 71.6 cm³/mol. The Kier molecular flexibility index (Phi) is 3.92. The second kappa shape index (κ2) is 5.46. The lowest BCUT2D eigenvalue weighted by Crippen LogP contribution is -2.36. The summed E-state index contributed by atoms with van der Waals surface area (Å²) in [7, 11) is 0. The summed E-state index contributed by atoms with van der Waals surface area (Å²) < 4.78 is 5.78. The van der Waals surface area contributed by atoms with Gasteiger partial charge in [-0.2, -0.15) is 0 Å². The van der Waals surface area contributed by atoms with Gasteiger partial charge in [0.15, 0.2) is 0 Å². The number of halogens is 2. The Balaban J connectivity index is 2.63. The quantitative estimate of drug-likeness (QED) is 0.934.